The van der Waals surface area contributed by atoms with Crippen molar-refractivity contribution in [3.63, 3.8) is 0 Å². The standard InChI is InChI=1S/C22H24N2O4S/c1-14(2)13-28-19-17-11-16(9-10-18(17)29-20(19)21(25)27-3)24-22(26)23-12-15-7-5-4-6-8-15/h4-11,14H,12-13H2,1-3H3,(H2,23,24,26). The topological polar surface area (TPSA) is 76.7 Å². The van der Waals surface area contributed by atoms with Crippen LogP contribution in [0.3, 0.4) is 0 Å². The number of thiophene rings is 1. The molecule has 0 unspecified atom stereocenters. The normalized spacial score (nSPS) is 10.8. The molecule has 0 aliphatic rings. The van der Waals surface area contributed by atoms with Crippen LogP contribution in [0.2, 0.25) is 0 Å². The fourth-order valence-electron chi connectivity index (χ4n) is 2.73. The number of fused-ring (bicyclic) bond motifs is 1. The van der Waals surface area contributed by atoms with E-state index < -0.39 is 5.97 Å². The summed E-state index contributed by atoms with van der Waals surface area (Å²) < 4.78 is 11.7. The van der Waals surface area contributed by atoms with E-state index in [9.17, 15) is 9.59 Å². The van der Waals surface area contributed by atoms with Gasteiger partial charge in [-0.3, -0.25) is 0 Å². The SMILES string of the molecule is COC(=O)c1sc2ccc(NC(=O)NCc3ccccc3)cc2c1OCC(C)C. The molecule has 0 radical (unpaired) electrons. The number of methoxy groups -OCH3 is 1. The van der Waals surface area contributed by atoms with Gasteiger partial charge in [-0.2, -0.15) is 0 Å². The van der Waals surface area contributed by atoms with Crippen LogP contribution in [0.25, 0.3) is 10.1 Å². The Kier molecular flexibility index (Phi) is 6.72. The highest BCUT2D eigenvalue weighted by atomic mass is 32.1. The number of carbonyl (C=O) groups excluding carboxylic acids is 2. The van der Waals surface area contributed by atoms with Crippen LogP contribution in [0.5, 0.6) is 5.75 Å². The van der Waals surface area contributed by atoms with E-state index in [1.165, 1.54) is 18.4 Å². The quantitative estimate of drug-likeness (QED) is 0.533. The molecule has 0 atom stereocenters. The van der Waals surface area contributed by atoms with Crippen LogP contribution in [0.1, 0.15) is 29.1 Å². The van der Waals surface area contributed by atoms with Gasteiger partial charge in [0.2, 0.25) is 0 Å². The van der Waals surface area contributed by atoms with Gasteiger partial charge in [-0.15, -0.1) is 11.3 Å². The third-order valence-corrected chi connectivity index (χ3v) is 5.26. The number of esters is 1. The van der Waals surface area contributed by atoms with E-state index >= 15 is 0 Å². The van der Waals surface area contributed by atoms with E-state index in [1.54, 1.807) is 6.07 Å². The lowest BCUT2D eigenvalue weighted by Crippen LogP contribution is -2.28. The van der Waals surface area contributed by atoms with Crippen molar-refractivity contribution in [1.82, 2.24) is 5.32 Å². The first kappa shape index (κ1) is 20.7. The van der Waals surface area contributed by atoms with Gasteiger partial charge in [-0.25, -0.2) is 9.59 Å². The van der Waals surface area contributed by atoms with Gasteiger partial charge in [0.1, 0.15) is 0 Å². The van der Waals surface area contributed by atoms with Crippen molar-refractivity contribution in [3.05, 3.63) is 59.0 Å². The molecule has 0 aliphatic carbocycles. The number of rotatable bonds is 7. The Balaban J connectivity index is 1.79. The van der Waals surface area contributed by atoms with Crippen molar-refractivity contribution < 1.29 is 19.1 Å². The summed E-state index contributed by atoms with van der Waals surface area (Å²) in [6, 6.07) is 14.9. The first-order valence-corrected chi connectivity index (χ1v) is 10.2. The van der Waals surface area contributed by atoms with Gasteiger partial charge in [0.25, 0.3) is 0 Å². The van der Waals surface area contributed by atoms with Crippen LogP contribution in [0.15, 0.2) is 48.5 Å². The number of ether oxygens (including phenoxy) is 2. The number of hydrogen-bond acceptors (Lipinski definition) is 5. The first-order chi connectivity index (χ1) is 14.0. The Labute approximate surface area is 173 Å². The zero-order chi connectivity index (χ0) is 20.8. The zero-order valence-corrected chi connectivity index (χ0v) is 17.5. The molecule has 1 heterocycles. The molecule has 29 heavy (non-hydrogen) atoms. The van der Waals surface area contributed by atoms with Gasteiger partial charge in [0, 0.05) is 22.3 Å². The molecular formula is C22H24N2O4S. The molecule has 2 aromatic carbocycles. The summed E-state index contributed by atoms with van der Waals surface area (Å²) >= 11 is 1.32. The highest BCUT2D eigenvalue weighted by Gasteiger charge is 2.21. The Morgan fingerprint density at radius 1 is 1.10 bits per heavy atom. The highest BCUT2D eigenvalue weighted by molar-refractivity contribution is 7.21. The predicted octanol–water partition coefficient (Wildman–Crippen LogP) is 5.04. The largest absolute Gasteiger partial charge is 0.491 e. The number of carbonyl (C=O) groups is 2. The van der Waals surface area contributed by atoms with E-state index in [4.69, 9.17) is 9.47 Å². The molecule has 1 aromatic heterocycles. The fourth-order valence-corrected chi connectivity index (χ4v) is 3.77. The average molecular weight is 413 g/mol. The molecule has 0 aliphatic heterocycles. The fraction of sp³-hybridized carbons (Fsp3) is 0.273. The molecule has 3 rings (SSSR count). The predicted molar refractivity (Wildman–Crippen MR) is 116 cm³/mol. The minimum absolute atomic E-state index is 0.304. The molecule has 3 aromatic rings. The summed E-state index contributed by atoms with van der Waals surface area (Å²) in [5.74, 6) is 0.375. The summed E-state index contributed by atoms with van der Waals surface area (Å²) in [7, 11) is 1.35. The molecule has 0 spiro atoms. The molecule has 152 valence electrons. The van der Waals surface area contributed by atoms with E-state index in [1.807, 2.05) is 56.3 Å². The van der Waals surface area contributed by atoms with Gasteiger partial charge in [0.05, 0.1) is 13.7 Å². The van der Waals surface area contributed by atoms with Crippen molar-refractivity contribution in [2.45, 2.75) is 20.4 Å². The Hall–Kier alpha value is -3.06. The van der Waals surface area contributed by atoms with Crippen molar-refractivity contribution in [2.24, 2.45) is 5.92 Å². The summed E-state index contributed by atoms with van der Waals surface area (Å²) in [5, 5.41) is 6.44. The van der Waals surface area contributed by atoms with Crippen LogP contribution in [-0.4, -0.2) is 25.7 Å². The molecular weight excluding hydrogens is 388 g/mol. The highest BCUT2D eigenvalue weighted by Crippen LogP contribution is 2.39. The van der Waals surface area contributed by atoms with E-state index in [0.717, 1.165) is 15.6 Å². The van der Waals surface area contributed by atoms with Gasteiger partial charge in [-0.1, -0.05) is 44.2 Å². The summed E-state index contributed by atoms with van der Waals surface area (Å²) in [6.45, 7) is 4.99. The third-order valence-electron chi connectivity index (χ3n) is 4.13. The molecule has 0 bridgehead atoms. The maximum absolute atomic E-state index is 12.3. The van der Waals surface area contributed by atoms with Crippen molar-refractivity contribution in [1.29, 1.82) is 0 Å². The minimum atomic E-state index is -0.430. The molecule has 0 saturated heterocycles. The second kappa shape index (κ2) is 9.43. The minimum Gasteiger partial charge on any atom is -0.491 e. The number of urea groups is 1. The Morgan fingerprint density at radius 2 is 1.86 bits per heavy atom. The van der Waals surface area contributed by atoms with Gasteiger partial charge in [-0.05, 0) is 29.7 Å². The van der Waals surface area contributed by atoms with Crippen LogP contribution in [0, 0.1) is 5.92 Å². The molecule has 0 saturated carbocycles. The van der Waals surface area contributed by atoms with Gasteiger partial charge in [0.15, 0.2) is 10.6 Å². The summed E-state index contributed by atoms with van der Waals surface area (Å²) in [4.78, 5) is 24.8. The number of amides is 2. The van der Waals surface area contributed by atoms with Crippen LogP contribution >= 0.6 is 11.3 Å². The first-order valence-electron chi connectivity index (χ1n) is 9.34. The van der Waals surface area contributed by atoms with Gasteiger partial charge < -0.3 is 20.1 Å². The second-order valence-electron chi connectivity index (χ2n) is 6.96. The number of hydrogen-bond donors (Lipinski definition) is 2. The molecule has 0 fully saturated rings. The third kappa shape index (κ3) is 5.26. The van der Waals surface area contributed by atoms with E-state index in [2.05, 4.69) is 10.6 Å². The molecule has 2 N–H and O–H groups in total. The van der Waals surface area contributed by atoms with Crippen LogP contribution in [0.4, 0.5) is 10.5 Å². The van der Waals surface area contributed by atoms with Gasteiger partial charge >= 0.3 is 12.0 Å². The lowest BCUT2D eigenvalue weighted by atomic mass is 10.2. The van der Waals surface area contributed by atoms with Crippen LogP contribution < -0.4 is 15.4 Å². The second-order valence-corrected chi connectivity index (χ2v) is 8.01. The Bertz CT molecular complexity index is 999. The average Bonchev–Trinajstić information content (AvgIpc) is 3.08. The number of nitrogens with one attached hydrogen (secondary N) is 2. The van der Waals surface area contributed by atoms with Crippen molar-refractivity contribution >= 4 is 39.1 Å². The van der Waals surface area contributed by atoms with Crippen molar-refractivity contribution in [3.8, 4) is 5.75 Å². The Morgan fingerprint density at radius 3 is 2.55 bits per heavy atom. The van der Waals surface area contributed by atoms with E-state index in [-0.39, 0.29) is 6.03 Å². The number of benzene rings is 2. The summed E-state index contributed by atoms with van der Waals surface area (Å²) in [6.07, 6.45) is 0. The smallest absolute Gasteiger partial charge is 0.351 e. The van der Waals surface area contributed by atoms with Crippen molar-refractivity contribution in [2.75, 3.05) is 19.0 Å². The van der Waals surface area contributed by atoms with E-state index in [0.29, 0.717) is 35.4 Å². The molecule has 6 nitrogen and oxygen atoms in total. The monoisotopic (exact) mass is 412 g/mol. The maximum atomic E-state index is 12.3. The zero-order valence-electron chi connectivity index (χ0n) is 16.7. The lowest BCUT2D eigenvalue weighted by Gasteiger charge is -2.11. The number of anilines is 1. The molecule has 7 heteroatoms. The molecule has 2 amide bonds. The maximum Gasteiger partial charge on any atom is 0.351 e. The lowest BCUT2D eigenvalue weighted by molar-refractivity contribution is 0.0601. The summed E-state index contributed by atoms with van der Waals surface area (Å²) in [5.41, 5.74) is 1.63. The van der Waals surface area contributed by atoms with Crippen LogP contribution in [-0.2, 0) is 11.3 Å².